The molecule has 1 aromatic carbocycles. The average molecular weight is 272 g/mol. The summed E-state index contributed by atoms with van der Waals surface area (Å²) in [6.45, 7) is 4.51. The van der Waals surface area contributed by atoms with E-state index in [-0.39, 0.29) is 6.04 Å². The second-order valence-corrected chi connectivity index (χ2v) is 6.30. The summed E-state index contributed by atoms with van der Waals surface area (Å²) >= 11 is 7.85. The van der Waals surface area contributed by atoms with Crippen LogP contribution in [-0.4, -0.2) is 11.8 Å². The molecule has 17 heavy (non-hydrogen) atoms. The highest BCUT2D eigenvalue weighted by Crippen LogP contribution is 2.27. The highest BCUT2D eigenvalue weighted by Gasteiger charge is 2.06. The lowest BCUT2D eigenvalue weighted by molar-refractivity contribution is 0.513. The third-order valence-electron chi connectivity index (χ3n) is 2.65. The normalized spacial score (nSPS) is 13.0. The molecule has 1 unspecified atom stereocenters. The van der Waals surface area contributed by atoms with Gasteiger partial charge in [0.15, 0.2) is 0 Å². The van der Waals surface area contributed by atoms with Gasteiger partial charge in [0.1, 0.15) is 0 Å². The minimum absolute atomic E-state index is 0.273. The SMILES string of the molecule is CC(C)CCCC(N)CSc1ccccc1Cl. The molecule has 3 heteroatoms. The monoisotopic (exact) mass is 271 g/mol. The Morgan fingerprint density at radius 3 is 2.59 bits per heavy atom. The van der Waals surface area contributed by atoms with E-state index < -0.39 is 0 Å². The van der Waals surface area contributed by atoms with Crippen molar-refractivity contribution < 1.29 is 0 Å². The molecule has 0 aromatic heterocycles. The molecular weight excluding hydrogens is 250 g/mol. The van der Waals surface area contributed by atoms with Crippen LogP contribution in [0.25, 0.3) is 0 Å². The Labute approximate surface area is 114 Å². The van der Waals surface area contributed by atoms with Crippen molar-refractivity contribution in [1.82, 2.24) is 0 Å². The van der Waals surface area contributed by atoms with Gasteiger partial charge in [-0.25, -0.2) is 0 Å². The molecule has 96 valence electrons. The van der Waals surface area contributed by atoms with Gasteiger partial charge in [-0.05, 0) is 24.5 Å². The number of rotatable bonds is 7. The molecule has 1 nitrogen and oxygen atoms in total. The van der Waals surface area contributed by atoms with Crippen molar-refractivity contribution in [2.24, 2.45) is 11.7 Å². The molecule has 0 radical (unpaired) electrons. The maximum absolute atomic E-state index is 6.09. The van der Waals surface area contributed by atoms with Crippen LogP contribution in [0, 0.1) is 5.92 Å². The Balaban J connectivity index is 2.24. The summed E-state index contributed by atoms with van der Waals surface area (Å²) in [6.07, 6.45) is 3.60. The van der Waals surface area contributed by atoms with Crippen LogP contribution in [-0.2, 0) is 0 Å². The van der Waals surface area contributed by atoms with E-state index in [2.05, 4.69) is 13.8 Å². The summed E-state index contributed by atoms with van der Waals surface area (Å²) in [7, 11) is 0. The van der Waals surface area contributed by atoms with Crippen LogP contribution in [0.15, 0.2) is 29.2 Å². The molecule has 0 aliphatic carbocycles. The second kappa shape index (κ2) is 8.02. The number of nitrogens with two attached hydrogens (primary N) is 1. The zero-order chi connectivity index (χ0) is 12.7. The first-order valence-electron chi connectivity index (χ1n) is 6.22. The van der Waals surface area contributed by atoms with Gasteiger partial charge < -0.3 is 5.73 Å². The first-order valence-corrected chi connectivity index (χ1v) is 7.59. The lowest BCUT2D eigenvalue weighted by Crippen LogP contribution is -2.22. The van der Waals surface area contributed by atoms with Crippen molar-refractivity contribution in [3.63, 3.8) is 0 Å². The van der Waals surface area contributed by atoms with Crippen molar-refractivity contribution in [2.45, 2.75) is 44.0 Å². The standard InChI is InChI=1S/C14H22ClNS/c1-11(2)6-5-7-12(16)10-17-14-9-4-3-8-13(14)15/h3-4,8-9,11-12H,5-7,10,16H2,1-2H3. The molecule has 2 N–H and O–H groups in total. The fourth-order valence-corrected chi connectivity index (χ4v) is 2.87. The quantitative estimate of drug-likeness (QED) is 0.735. The lowest BCUT2D eigenvalue weighted by atomic mass is 10.0. The summed E-state index contributed by atoms with van der Waals surface area (Å²) in [5.41, 5.74) is 6.09. The Hall–Kier alpha value is -0.180. The van der Waals surface area contributed by atoms with Gasteiger partial charge in [-0.3, -0.25) is 0 Å². The van der Waals surface area contributed by atoms with E-state index in [9.17, 15) is 0 Å². The van der Waals surface area contributed by atoms with Crippen molar-refractivity contribution in [2.75, 3.05) is 5.75 Å². The fraction of sp³-hybridized carbons (Fsp3) is 0.571. The van der Waals surface area contributed by atoms with Crippen molar-refractivity contribution in [3.05, 3.63) is 29.3 Å². The predicted octanol–water partition coefficient (Wildman–Crippen LogP) is 4.59. The number of thioether (sulfide) groups is 1. The van der Waals surface area contributed by atoms with E-state index in [0.717, 1.165) is 28.0 Å². The molecule has 0 saturated carbocycles. The van der Waals surface area contributed by atoms with E-state index in [1.807, 2.05) is 24.3 Å². The van der Waals surface area contributed by atoms with Gasteiger partial charge in [-0.1, -0.05) is 50.4 Å². The molecule has 1 aromatic rings. The summed E-state index contributed by atoms with van der Waals surface area (Å²) < 4.78 is 0. The molecule has 0 amide bonds. The summed E-state index contributed by atoms with van der Waals surface area (Å²) in [4.78, 5) is 1.13. The minimum Gasteiger partial charge on any atom is -0.327 e. The van der Waals surface area contributed by atoms with Gasteiger partial charge in [-0.15, -0.1) is 11.8 Å². The third-order valence-corrected chi connectivity index (χ3v) is 4.35. The predicted molar refractivity (Wildman–Crippen MR) is 78.8 cm³/mol. The highest BCUT2D eigenvalue weighted by molar-refractivity contribution is 7.99. The maximum atomic E-state index is 6.09. The molecular formula is C14H22ClNS. The maximum Gasteiger partial charge on any atom is 0.0541 e. The van der Waals surface area contributed by atoms with Crippen LogP contribution in [0.5, 0.6) is 0 Å². The average Bonchev–Trinajstić information content (AvgIpc) is 2.27. The lowest BCUT2D eigenvalue weighted by Gasteiger charge is -2.12. The minimum atomic E-state index is 0.273. The van der Waals surface area contributed by atoms with Gasteiger partial charge in [0.25, 0.3) is 0 Å². The fourth-order valence-electron chi connectivity index (χ4n) is 1.63. The van der Waals surface area contributed by atoms with Crippen LogP contribution >= 0.6 is 23.4 Å². The Morgan fingerprint density at radius 2 is 1.94 bits per heavy atom. The van der Waals surface area contributed by atoms with E-state index in [0.29, 0.717) is 0 Å². The highest BCUT2D eigenvalue weighted by atomic mass is 35.5. The van der Waals surface area contributed by atoms with Crippen molar-refractivity contribution >= 4 is 23.4 Å². The number of hydrogen-bond acceptors (Lipinski definition) is 2. The van der Waals surface area contributed by atoms with Gasteiger partial charge in [-0.2, -0.15) is 0 Å². The zero-order valence-electron chi connectivity index (χ0n) is 10.7. The topological polar surface area (TPSA) is 26.0 Å². The van der Waals surface area contributed by atoms with Crippen LogP contribution < -0.4 is 5.73 Å². The summed E-state index contributed by atoms with van der Waals surface area (Å²) in [6, 6.07) is 8.21. The molecule has 0 fully saturated rings. The van der Waals surface area contributed by atoms with E-state index in [1.54, 1.807) is 11.8 Å². The molecule has 1 atom stereocenters. The summed E-state index contributed by atoms with van der Waals surface area (Å²) in [5.74, 6) is 1.72. The van der Waals surface area contributed by atoms with Crippen LogP contribution in [0.2, 0.25) is 5.02 Å². The van der Waals surface area contributed by atoms with Gasteiger partial charge >= 0.3 is 0 Å². The van der Waals surface area contributed by atoms with Gasteiger partial charge in [0.05, 0.1) is 5.02 Å². The van der Waals surface area contributed by atoms with Gasteiger partial charge in [0.2, 0.25) is 0 Å². The van der Waals surface area contributed by atoms with E-state index >= 15 is 0 Å². The van der Waals surface area contributed by atoms with Crippen LogP contribution in [0.3, 0.4) is 0 Å². The molecule has 0 aliphatic rings. The molecule has 0 aliphatic heterocycles. The smallest absolute Gasteiger partial charge is 0.0541 e. The van der Waals surface area contributed by atoms with Gasteiger partial charge in [0, 0.05) is 16.7 Å². The molecule has 0 heterocycles. The number of benzene rings is 1. The number of halogens is 1. The molecule has 0 bridgehead atoms. The van der Waals surface area contributed by atoms with Crippen LogP contribution in [0.1, 0.15) is 33.1 Å². The first-order chi connectivity index (χ1) is 8.09. The number of hydrogen-bond donors (Lipinski definition) is 1. The Kier molecular flexibility index (Phi) is 7.02. The van der Waals surface area contributed by atoms with Crippen LogP contribution in [0.4, 0.5) is 0 Å². The van der Waals surface area contributed by atoms with Crippen molar-refractivity contribution in [1.29, 1.82) is 0 Å². The van der Waals surface area contributed by atoms with E-state index in [4.69, 9.17) is 17.3 Å². The zero-order valence-corrected chi connectivity index (χ0v) is 12.2. The van der Waals surface area contributed by atoms with E-state index in [1.165, 1.54) is 12.8 Å². The summed E-state index contributed by atoms with van der Waals surface area (Å²) in [5, 5.41) is 0.826. The Morgan fingerprint density at radius 1 is 1.24 bits per heavy atom. The molecule has 1 rings (SSSR count). The third kappa shape index (κ3) is 6.35. The Bertz CT molecular complexity index is 328. The second-order valence-electron chi connectivity index (χ2n) is 4.83. The molecule has 0 saturated heterocycles. The largest absolute Gasteiger partial charge is 0.327 e. The first kappa shape index (κ1) is 14.9. The molecule has 0 spiro atoms. The van der Waals surface area contributed by atoms with Crippen molar-refractivity contribution in [3.8, 4) is 0 Å².